The van der Waals surface area contributed by atoms with Gasteiger partial charge in [-0.25, -0.2) is 4.98 Å². The molecule has 118 valence electrons. The van der Waals surface area contributed by atoms with Gasteiger partial charge in [-0.1, -0.05) is 19.3 Å². The van der Waals surface area contributed by atoms with E-state index in [-0.39, 0.29) is 5.60 Å². The van der Waals surface area contributed by atoms with Crippen LogP contribution in [0.5, 0.6) is 0 Å². The molecule has 0 atom stereocenters. The molecule has 2 aliphatic rings. The van der Waals surface area contributed by atoms with E-state index in [1.807, 2.05) is 18.4 Å². The number of hydrogen-bond donors (Lipinski definition) is 1. The molecular formula is C16H26N2O2S. The van der Waals surface area contributed by atoms with Gasteiger partial charge in [-0.15, -0.1) is 11.3 Å². The minimum atomic E-state index is -0.150. The van der Waals surface area contributed by atoms with Crippen LogP contribution in [0.4, 0.5) is 0 Å². The Bertz CT molecular complexity index is 465. The average molecular weight is 310 g/mol. The molecule has 0 amide bonds. The number of methoxy groups -OCH3 is 2. The van der Waals surface area contributed by atoms with Crippen LogP contribution in [0, 0.1) is 0 Å². The van der Waals surface area contributed by atoms with Crippen molar-refractivity contribution in [2.45, 2.75) is 69.7 Å². The van der Waals surface area contributed by atoms with Gasteiger partial charge in [0.25, 0.3) is 0 Å². The van der Waals surface area contributed by atoms with Crippen LogP contribution in [0.15, 0.2) is 0 Å². The van der Waals surface area contributed by atoms with E-state index in [1.54, 1.807) is 7.11 Å². The first kappa shape index (κ1) is 15.4. The summed E-state index contributed by atoms with van der Waals surface area (Å²) in [6.45, 7) is 1.51. The Balaban J connectivity index is 1.81. The van der Waals surface area contributed by atoms with E-state index in [2.05, 4.69) is 5.32 Å². The van der Waals surface area contributed by atoms with Gasteiger partial charge in [0.05, 0.1) is 12.3 Å². The summed E-state index contributed by atoms with van der Waals surface area (Å²) in [4.78, 5) is 6.21. The van der Waals surface area contributed by atoms with Crippen LogP contribution in [0.3, 0.4) is 0 Å². The Morgan fingerprint density at radius 3 is 2.62 bits per heavy atom. The number of nitrogens with one attached hydrogen (secondary N) is 1. The second kappa shape index (κ2) is 6.73. The molecule has 21 heavy (non-hydrogen) atoms. The first-order valence-corrected chi connectivity index (χ1v) is 8.85. The lowest BCUT2D eigenvalue weighted by Crippen LogP contribution is -2.31. The monoisotopic (exact) mass is 310 g/mol. The van der Waals surface area contributed by atoms with Gasteiger partial charge >= 0.3 is 0 Å². The highest BCUT2D eigenvalue weighted by Crippen LogP contribution is 2.42. The van der Waals surface area contributed by atoms with Crippen LogP contribution in [-0.4, -0.2) is 25.2 Å². The molecule has 0 spiro atoms. The van der Waals surface area contributed by atoms with Crippen LogP contribution < -0.4 is 5.32 Å². The number of ether oxygens (including phenoxy) is 2. The molecule has 4 nitrogen and oxygen atoms in total. The molecule has 2 fully saturated rings. The van der Waals surface area contributed by atoms with E-state index in [0.717, 1.165) is 36.1 Å². The molecule has 1 aromatic rings. The van der Waals surface area contributed by atoms with Gasteiger partial charge in [0.15, 0.2) is 0 Å². The summed E-state index contributed by atoms with van der Waals surface area (Å²) in [6.07, 6.45) is 8.61. The molecule has 3 rings (SSSR count). The van der Waals surface area contributed by atoms with Crippen molar-refractivity contribution in [2.75, 3.05) is 14.2 Å². The summed E-state index contributed by atoms with van der Waals surface area (Å²) in [6, 6.07) is 0.719. The number of hydrogen-bond acceptors (Lipinski definition) is 5. The lowest BCUT2D eigenvalue weighted by Gasteiger charge is -2.34. The molecule has 0 aliphatic heterocycles. The Morgan fingerprint density at radius 2 is 2.00 bits per heavy atom. The average Bonchev–Trinajstić information content (AvgIpc) is 3.27. The van der Waals surface area contributed by atoms with Crippen LogP contribution in [-0.2, 0) is 28.2 Å². The number of nitrogens with zero attached hydrogens (tertiary/aromatic N) is 1. The summed E-state index contributed by atoms with van der Waals surface area (Å²) in [7, 11) is 3.58. The van der Waals surface area contributed by atoms with Crippen LogP contribution in [0.2, 0.25) is 0 Å². The predicted octanol–water partition coefficient (Wildman–Crippen LogP) is 3.35. The molecular weight excluding hydrogens is 284 g/mol. The highest BCUT2D eigenvalue weighted by Gasteiger charge is 2.37. The third kappa shape index (κ3) is 3.47. The molecule has 1 aromatic heterocycles. The lowest BCUT2D eigenvalue weighted by molar-refractivity contribution is -0.0448. The minimum absolute atomic E-state index is 0.150. The fourth-order valence-corrected chi connectivity index (χ4v) is 4.36. The van der Waals surface area contributed by atoms with Crippen molar-refractivity contribution in [1.29, 1.82) is 0 Å². The molecule has 5 heteroatoms. The Labute approximate surface area is 131 Å². The normalized spacial score (nSPS) is 21.6. The van der Waals surface area contributed by atoms with Gasteiger partial charge < -0.3 is 14.8 Å². The van der Waals surface area contributed by atoms with Crippen LogP contribution in [0.25, 0.3) is 0 Å². The molecule has 0 bridgehead atoms. The quantitative estimate of drug-likeness (QED) is 0.839. The van der Waals surface area contributed by atoms with Gasteiger partial charge in [-0.2, -0.15) is 0 Å². The van der Waals surface area contributed by atoms with Crippen LogP contribution >= 0.6 is 11.3 Å². The third-order valence-corrected chi connectivity index (χ3v) is 5.91. The minimum Gasteiger partial charge on any atom is -0.378 e. The van der Waals surface area contributed by atoms with Crippen molar-refractivity contribution in [3.05, 3.63) is 15.6 Å². The van der Waals surface area contributed by atoms with E-state index in [1.165, 1.54) is 37.0 Å². The number of thiazole rings is 1. The van der Waals surface area contributed by atoms with Crippen molar-refractivity contribution in [1.82, 2.24) is 10.3 Å². The maximum Gasteiger partial charge on any atom is 0.125 e. The summed E-state index contributed by atoms with van der Waals surface area (Å²) in [5.74, 6) is 0. The highest BCUT2D eigenvalue weighted by atomic mass is 32.1. The molecule has 0 unspecified atom stereocenters. The predicted molar refractivity (Wildman–Crippen MR) is 84.5 cm³/mol. The first-order chi connectivity index (χ1) is 10.3. The summed E-state index contributed by atoms with van der Waals surface area (Å²) in [5.41, 5.74) is 0.941. The second-order valence-electron chi connectivity index (χ2n) is 6.24. The molecule has 2 saturated carbocycles. The van der Waals surface area contributed by atoms with Gasteiger partial charge in [-0.05, 0) is 25.7 Å². The van der Waals surface area contributed by atoms with Gasteiger partial charge in [0.2, 0.25) is 0 Å². The van der Waals surface area contributed by atoms with E-state index in [4.69, 9.17) is 14.5 Å². The molecule has 0 aromatic carbocycles. The van der Waals surface area contributed by atoms with E-state index >= 15 is 0 Å². The molecule has 2 aliphatic carbocycles. The van der Waals surface area contributed by atoms with Gasteiger partial charge in [0, 0.05) is 31.7 Å². The Kier molecular flexibility index (Phi) is 4.94. The van der Waals surface area contributed by atoms with Crippen molar-refractivity contribution < 1.29 is 9.47 Å². The fourth-order valence-electron chi connectivity index (χ4n) is 3.12. The standard InChI is InChI=1S/C16H26N2O2S/c1-19-11-13-14(10-17-12-6-7-12)21-15(18-13)16(20-2)8-4-3-5-9-16/h12,17H,3-11H2,1-2H3. The number of aromatic nitrogens is 1. The molecule has 0 radical (unpaired) electrons. The Morgan fingerprint density at radius 1 is 1.24 bits per heavy atom. The Hall–Kier alpha value is -0.490. The zero-order chi connectivity index (χ0) is 14.7. The van der Waals surface area contributed by atoms with E-state index < -0.39 is 0 Å². The second-order valence-corrected chi connectivity index (χ2v) is 7.32. The fraction of sp³-hybridized carbons (Fsp3) is 0.812. The van der Waals surface area contributed by atoms with Crippen molar-refractivity contribution in [3.8, 4) is 0 Å². The molecule has 1 heterocycles. The largest absolute Gasteiger partial charge is 0.378 e. The summed E-state index contributed by atoms with van der Waals surface area (Å²) >= 11 is 1.82. The van der Waals surface area contributed by atoms with Crippen molar-refractivity contribution >= 4 is 11.3 Å². The van der Waals surface area contributed by atoms with Gasteiger partial charge in [0.1, 0.15) is 10.6 Å². The summed E-state index contributed by atoms with van der Waals surface area (Å²) in [5, 5.41) is 4.75. The smallest absolute Gasteiger partial charge is 0.125 e. The van der Waals surface area contributed by atoms with E-state index in [0.29, 0.717) is 6.61 Å². The van der Waals surface area contributed by atoms with Crippen molar-refractivity contribution in [3.63, 3.8) is 0 Å². The topological polar surface area (TPSA) is 43.4 Å². The zero-order valence-corrected chi connectivity index (χ0v) is 13.9. The zero-order valence-electron chi connectivity index (χ0n) is 13.1. The maximum atomic E-state index is 5.94. The van der Waals surface area contributed by atoms with Crippen LogP contribution in [0.1, 0.15) is 60.5 Å². The van der Waals surface area contributed by atoms with Gasteiger partial charge in [-0.3, -0.25) is 0 Å². The maximum absolute atomic E-state index is 5.94. The molecule has 0 saturated heterocycles. The first-order valence-electron chi connectivity index (χ1n) is 8.04. The lowest BCUT2D eigenvalue weighted by atomic mass is 9.85. The van der Waals surface area contributed by atoms with E-state index in [9.17, 15) is 0 Å². The number of rotatable bonds is 7. The third-order valence-electron chi connectivity index (χ3n) is 4.63. The SMILES string of the molecule is COCc1nc(C2(OC)CCCCC2)sc1CNC1CC1. The van der Waals surface area contributed by atoms with Crippen molar-refractivity contribution in [2.24, 2.45) is 0 Å². The highest BCUT2D eigenvalue weighted by molar-refractivity contribution is 7.11. The molecule has 1 N–H and O–H groups in total. The summed E-state index contributed by atoms with van der Waals surface area (Å²) < 4.78 is 11.3.